The van der Waals surface area contributed by atoms with E-state index < -0.39 is 0 Å². The third kappa shape index (κ3) is 1.10. The van der Waals surface area contributed by atoms with Crippen LogP contribution in [0.15, 0.2) is 12.2 Å². The minimum Gasteiger partial charge on any atom is -0.306 e. The summed E-state index contributed by atoms with van der Waals surface area (Å²) in [5.41, 5.74) is 1.43. The highest BCUT2D eigenvalue weighted by Crippen LogP contribution is 2.46. The van der Waals surface area contributed by atoms with E-state index in [4.69, 9.17) is 0 Å². The van der Waals surface area contributed by atoms with Crippen LogP contribution in [0.5, 0.6) is 0 Å². The fourth-order valence-corrected chi connectivity index (χ4v) is 1.54. The van der Waals surface area contributed by atoms with Gasteiger partial charge in [-0.05, 0) is 26.9 Å². The van der Waals surface area contributed by atoms with Gasteiger partial charge in [0.1, 0.15) is 0 Å². The summed E-state index contributed by atoms with van der Waals surface area (Å²) in [7, 11) is 4.26. The standard InChI is InChI=1S/C9H17N/c1-6-7(2)9(6)8(3)10(4)5/h7-9H,1H2,2-5H3. The Bertz CT molecular complexity index is 149. The van der Waals surface area contributed by atoms with Gasteiger partial charge >= 0.3 is 0 Å². The van der Waals surface area contributed by atoms with E-state index in [9.17, 15) is 0 Å². The van der Waals surface area contributed by atoms with Crippen LogP contribution in [-0.2, 0) is 0 Å². The molecule has 0 aliphatic heterocycles. The molecule has 0 spiro atoms. The molecule has 0 N–H and O–H groups in total. The lowest BCUT2D eigenvalue weighted by atomic mass is 10.1. The monoisotopic (exact) mass is 139 g/mol. The Morgan fingerprint density at radius 3 is 2.00 bits per heavy atom. The fraction of sp³-hybridized carbons (Fsp3) is 0.778. The van der Waals surface area contributed by atoms with E-state index in [0.717, 1.165) is 11.8 Å². The van der Waals surface area contributed by atoms with Gasteiger partial charge in [0.15, 0.2) is 0 Å². The molecule has 1 nitrogen and oxygen atoms in total. The summed E-state index contributed by atoms with van der Waals surface area (Å²) < 4.78 is 0. The molecule has 0 heterocycles. The highest BCUT2D eigenvalue weighted by Gasteiger charge is 2.42. The minimum absolute atomic E-state index is 0.669. The lowest BCUT2D eigenvalue weighted by Gasteiger charge is -2.18. The first-order valence-electron chi connectivity index (χ1n) is 3.90. The topological polar surface area (TPSA) is 3.24 Å². The molecule has 0 radical (unpaired) electrons. The predicted octanol–water partition coefficient (Wildman–Crippen LogP) is 1.76. The number of rotatable bonds is 2. The maximum atomic E-state index is 4.01. The number of hydrogen-bond acceptors (Lipinski definition) is 1. The zero-order valence-corrected chi connectivity index (χ0v) is 7.39. The molecule has 0 aromatic carbocycles. The van der Waals surface area contributed by atoms with Crippen LogP contribution in [-0.4, -0.2) is 25.0 Å². The van der Waals surface area contributed by atoms with E-state index in [1.807, 2.05) is 0 Å². The van der Waals surface area contributed by atoms with Crippen molar-refractivity contribution in [2.75, 3.05) is 14.1 Å². The summed E-state index contributed by atoms with van der Waals surface area (Å²) in [4.78, 5) is 2.26. The molecule has 3 unspecified atom stereocenters. The second-order valence-corrected chi connectivity index (χ2v) is 3.59. The van der Waals surface area contributed by atoms with Crippen molar-refractivity contribution in [1.29, 1.82) is 0 Å². The van der Waals surface area contributed by atoms with Gasteiger partial charge in [0.05, 0.1) is 0 Å². The molecular formula is C9H17N. The lowest BCUT2D eigenvalue weighted by Crippen LogP contribution is -2.27. The van der Waals surface area contributed by atoms with Crippen molar-refractivity contribution in [3.05, 3.63) is 12.2 Å². The van der Waals surface area contributed by atoms with E-state index in [1.54, 1.807) is 0 Å². The van der Waals surface area contributed by atoms with Crippen LogP contribution in [0.1, 0.15) is 13.8 Å². The maximum Gasteiger partial charge on any atom is 0.0132 e. The van der Waals surface area contributed by atoms with Crippen LogP contribution < -0.4 is 0 Å². The molecule has 3 atom stereocenters. The smallest absolute Gasteiger partial charge is 0.0132 e. The molecule has 1 fully saturated rings. The van der Waals surface area contributed by atoms with Crippen molar-refractivity contribution in [1.82, 2.24) is 4.90 Å². The Kier molecular flexibility index (Phi) is 1.86. The molecule has 58 valence electrons. The second kappa shape index (κ2) is 2.39. The first-order chi connectivity index (χ1) is 4.55. The molecular weight excluding hydrogens is 122 g/mol. The van der Waals surface area contributed by atoms with Crippen molar-refractivity contribution >= 4 is 0 Å². The van der Waals surface area contributed by atoms with E-state index in [2.05, 4.69) is 39.4 Å². The lowest BCUT2D eigenvalue weighted by molar-refractivity contribution is 0.281. The summed E-state index contributed by atoms with van der Waals surface area (Å²) in [5, 5.41) is 0. The number of nitrogens with zero attached hydrogens (tertiary/aromatic N) is 1. The van der Waals surface area contributed by atoms with Gasteiger partial charge in [0.25, 0.3) is 0 Å². The molecule has 1 saturated carbocycles. The minimum atomic E-state index is 0.669. The Labute approximate surface area is 63.7 Å². The van der Waals surface area contributed by atoms with Gasteiger partial charge in [0.2, 0.25) is 0 Å². The predicted molar refractivity (Wildman–Crippen MR) is 44.9 cm³/mol. The van der Waals surface area contributed by atoms with E-state index in [1.165, 1.54) is 5.57 Å². The summed E-state index contributed by atoms with van der Waals surface area (Å²) in [5.74, 6) is 1.52. The quantitative estimate of drug-likeness (QED) is 0.527. The molecule has 1 heteroatoms. The maximum absolute atomic E-state index is 4.01. The third-order valence-electron chi connectivity index (χ3n) is 2.78. The highest BCUT2D eigenvalue weighted by atomic mass is 15.1. The highest BCUT2D eigenvalue weighted by molar-refractivity contribution is 5.27. The molecule has 1 aliphatic rings. The van der Waals surface area contributed by atoms with E-state index in [0.29, 0.717) is 6.04 Å². The first kappa shape index (κ1) is 7.80. The van der Waals surface area contributed by atoms with E-state index in [-0.39, 0.29) is 0 Å². The Hall–Kier alpha value is -0.300. The molecule has 1 rings (SSSR count). The fourth-order valence-electron chi connectivity index (χ4n) is 1.54. The molecule has 0 bridgehead atoms. The normalized spacial score (nSPS) is 34.7. The van der Waals surface area contributed by atoms with Crippen molar-refractivity contribution in [2.45, 2.75) is 19.9 Å². The van der Waals surface area contributed by atoms with Gasteiger partial charge < -0.3 is 4.90 Å². The average molecular weight is 139 g/mol. The Balaban J connectivity index is 2.45. The third-order valence-corrected chi connectivity index (χ3v) is 2.78. The van der Waals surface area contributed by atoms with Crippen molar-refractivity contribution in [3.8, 4) is 0 Å². The SMILES string of the molecule is C=C1C(C)C1C(C)N(C)C. The van der Waals surface area contributed by atoms with Gasteiger partial charge in [-0.3, -0.25) is 0 Å². The van der Waals surface area contributed by atoms with Gasteiger partial charge in [-0.15, -0.1) is 0 Å². The zero-order valence-electron chi connectivity index (χ0n) is 7.39. The van der Waals surface area contributed by atoms with Gasteiger partial charge in [-0.1, -0.05) is 19.1 Å². The summed E-state index contributed by atoms with van der Waals surface area (Å²) in [6.07, 6.45) is 0. The molecule has 0 saturated heterocycles. The molecule has 0 amide bonds. The molecule has 1 aliphatic carbocycles. The van der Waals surface area contributed by atoms with Crippen molar-refractivity contribution in [2.24, 2.45) is 11.8 Å². The average Bonchev–Trinajstić information content (AvgIpc) is 2.40. The van der Waals surface area contributed by atoms with Crippen LogP contribution in [0, 0.1) is 11.8 Å². The van der Waals surface area contributed by atoms with Crippen LogP contribution in [0.25, 0.3) is 0 Å². The zero-order chi connectivity index (χ0) is 7.89. The molecule has 10 heavy (non-hydrogen) atoms. The van der Waals surface area contributed by atoms with Crippen molar-refractivity contribution in [3.63, 3.8) is 0 Å². The Morgan fingerprint density at radius 2 is 1.90 bits per heavy atom. The van der Waals surface area contributed by atoms with Crippen LogP contribution in [0.4, 0.5) is 0 Å². The largest absolute Gasteiger partial charge is 0.306 e. The molecule has 0 aromatic heterocycles. The van der Waals surface area contributed by atoms with Crippen molar-refractivity contribution < 1.29 is 0 Å². The summed E-state index contributed by atoms with van der Waals surface area (Å²) >= 11 is 0. The first-order valence-corrected chi connectivity index (χ1v) is 3.90. The Morgan fingerprint density at radius 1 is 1.50 bits per heavy atom. The van der Waals surface area contributed by atoms with E-state index >= 15 is 0 Å². The van der Waals surface area contributed by atoms with Gasteiger partial charge in [-0.2, -0.15) is 0 Å². The van der Waals surface area contributed by atoms with Crippen LogP contribution in [0.3, 0.4) is 0 Å². The summed E-state index contributed by atoms with van der Waals surface area (Å²) in [6, 6.07) is 0.669. The number of hydrogen-bond donors (Lipinski definition) is 0. The van der Waals surface area contributed by atoms with Gasteiger partial charge in [-0.25, -0.2) is 0 Å². The van der Waals surface area contributed by atoms with Crippen LogP contribution >= 0.6 is 0 Å². The second-order valence-electron chi connectivity index (χ2n) is 3.59. The van der Waals surface area contributed by atoms with Crippen LogP contribution in [0.2, 0.25) is 0 Å². The summed E-state index contributed by atoms with van der Waals surface area (Å²) in [6.45, 7) is 8.53. The van der Waals surface area contributed by atoms with Gasteiger partial charge in [0, 0.05) is 12.0 Å². The molecule has 0 aromatic rings.